The van der Waals surface area contributed by atoms with Crippen LogP contribution in [0.1, 0.15) is 29.8 Å². The molecule has 0 bridgehead atoms. The molecule has 3 N–H and O–H groups in total. The number of urea groups is 1. The maximum Gasteiger partial charge on any atom is 0.315 e. The zero-order valence-electron chi connectivity index (χ0n) is 11.9. The summed E-state index contributed by atoms with van der Waals surface area (Å²) in [6.07, 6.45) is 2.40. The van der Waals surface area contributed by atoms with Gasteiger partial charge in [0.1, 0.15) is 12.0 Å². The van der Waals surface area contributed by atoms with Gasteiger partial charge in [-0.2, -0.15) is 0 Å². The molecule has 0 radical (unpaired) electrons. The number of nitrogens with one attached hydrogen (secondary N) is 2. The van der Waals surface area contributed by atoms with Crippen LogP contribution in [0.5, 0.6) is 0 Å². The summed E-state index contributed by atoms with van der Waals surface area (Å²) in [5, 5.41) is 18.5. The summed E-state index contributed by atoms with van der Waals surface area (Å²) in [7, 11) is 0. The van der Waals surface area contributed by atoms with Crippen LogP contribution in [0.4, 0.5) is 4.79 Å². The molecule has 2 rings (SSSR count). The monoisotopic (exact) mass is 289 g/mol. The lowest BCUT2D eigenvalue weighted by Gasteiger charge is -2.17. The predicted molar refractivity (Wildman–Crippen MR) is 77.5 cm³/mol. The van der Waals surface area contributed by atoms with Crippen LogP contribution < -0.4 is 10.6 Å². The Kier molecular flexibility index (Phi) is 5.34. The minimum Gasteiger partial charge on any atom is -0.394 e. The van der Waals surface area contributed by atoms with Crippen molar-refractivity contribution in [2.45, 2.75) is 25.9 Å². The Morgan fingerprint density at radius 2 is 2.10 bits per heavy atom. The van der Waals surface area contributed by atoms with Gasteiger partial charge in [-0.25, -0.2) is 4.79 Å². The van der Waals surface area contributed by atoms with Crippen molar-refractivity contribution in [1.29, 1.82) is 0 Å². The van der Waals surface area contributed by atoms with Crippen LogP contribution in [-0.2, 0) is 13.0 Å². The Balaban J connectivity index is 1.89. The van der Waals surface area contributed by atoms with Gasteiger partial charge >= 0.3 is 6.03 Å². The fourth-order valence-electron chi connectivity index (χ4n) is 1.93. The first-order chi connectivity index (χ1) is 10.2. The summed E-state index contributed by atoms with van der Waals surface area (Å²) >= 11 is 0. The molecule has 2 aromatic rings. The van der Waals surface area contributed by atoms with Gasteiger partial charge < -0.3 is 20.3 Å². The van der Waals surface area contributed by atoms with Crippen LogP contribution in [0.2, 0.25) is 0 Å². The number of aliphatic hydroxyl groups excluding tert-OH is 1. The van der Waals surface area contributed by atoms with Crippen molar-refractivity contribution in [1.82, 2.24) is 15.8 Å². The highest BCUT2D eigenvalue weighted by Crippen LogP contribution is 2.13. The second kappa shape index (κ2) is 7.44. The van der Waals surface area contributed by atoms with Gasteiger partial charge in [0.15, 0.2) is 0 Å². The van der Waals surface area contributed by atoms with E-state index in [2.05, 4.69) is 27.2 Å². The van der Waals surface area contributed by atoms with Gasteiger partial charge in [0.2, 0.25) is 0 Å². The second-order valence-corrected chi connectivity index (χ2v) is 4.65. The number of carbonyl (C=O) groups excluding carboxylic acids is 1. The van der Waals surface area contributed by atoms with Crippen molar-refractivity contribution in [3.05, 3.63) is 53.4 Å². The molecule has 1 atom stereocenters. The van der Waals surface area contributed by atoms with Crippen LogP contribution in [0.3, 0.4) is 0 Å². The van der Waals surface area contributed by atoms with Gasteiger partial charge in [0.25, 0.3) is 0 Å². The molecule has 0 aliphatic heterocycles. The van der Waals surface area contributed by atoms with E-state index in [0.29, 0.717) is 5.69 Å². The second-order valence-electron chi connectivity index (χ2n) is 4.65. The first kappa shape index (κ1) is 15.1. The number of hydrogen-bond acceptors (Lipinski definition) is 4. The number of aliphatic hydroxyl groups is 1. The zero-order valence-corrected chi connectivity index (χ0v) is 11.9. The Hall–Kier alpha value is -2.34. The van der Waals surface area contributed by atoms with Crippen LogP contribution >= 0.6 is 0 Å². The molecule has 1 aromatic carbocycles. The average molecular weight is 289 g/mol. The van der Waals surface area contributed by atoms with Crippen molar-refractivity contribution in [2.24, 2.45) is 0 Å². The van der Waals surface area contributed by atoms with E-state index in [-0.39, 0.29) is 19.2 Å². The molecule has 0 aliphatic rings. The highest BCUT2D eigenvalue weighted by molar-refractivity contribution is 5.74. The molecule has 2 amide bonds. The van der Waals surface area contributed by atoms with E-state index in [9.17, 15) is 9.90 Å². The molecule has 0 spiro atoms. The van der Waals surface area contributed by atoms with E-state index in [1.54, 1.807) is 6.07 Å². The largest absolute Gasteiger partial charge is 0.394 e. The molecule has 0 saturated heterocycles. The van der Waals surface area contributed by atoms with E-state index in [1.165, 1.54) is 11.8 Å². The number of aromatic nitrogens is 1. The van der Waals surface area contributed by atoms with Crippen LogP contribution in [0.25, 0.3) is 0 Å². The standard InChI is InChI=1S/C15H19N3O3/c1-2-11-3-5-12(6-4-11)14(10-19)17-15(20)16-9-13-7-8-21-18-13/h3-8,14,19H,2,9-10H2,1H3,(H2,16,17,20). The summed E-state index contributed by atoms with van der Waals surface area (Å²) < 4.78 is 4.68. The van der Waals surface area contributed by atoms with Gasteiger partial charge in [-0.1, -0.05) is 36.3 Å². The molecule has 112 valence electrons. The lowest BCUT2D eigenvalue weighted by Crippen LogP contribution is -2.38. The molecular formula is C15H19N3O3. The molecule has 0 saturated carbocycles. The molecule has 0 aliphatic carbocycles. The number of aryl methyl sites for hydroxylation is 1. The summed E-state index contributed by atoms with van der Waals surface area (Å²) in [6, 6.07) is 8.69. The van der Waals surface area contributed by atoms with Crippen molar-refractivity contribution < 1.29 is 14.4 Å². The number of rotatable bonds is 6. The number of hydrogen-bond donors (Lipinski definition) is 3. The Morgan fingerprint density at radius 1 is 1.33 bits per heavy atom. The van der Waals surface area contributed by atoms with Crippen molar-refractivity contribution >= 4 is 6.03 Å². The Bertz CT molecular complexity index is 552. The highest BCUT2D eigenvalue weighted by atomic mass is 16.5. The van der Waals surface area contributed by atoms with Crippen molar-refractivity contribution in [3.63, 3.8) is 0 Å². The van der Waals surface area contributed by atoms with Crippen molar-refractivity contribution in [2.75, 3.05) is 6.61 Å². The smallest absolute Gasteiger partial charge is 0.315 e. The third-order valence-corrected chi connectivity index (χ3v) is 3.20. The van der Waals surface area contributed by atoms with E-state index < -0.39 is 6.04 Å². The summed E-state index contributed by atoms with van der Waals surface area (Å²) in [4.78, 5) is 11.8. The highest BCUT2D eigenvalue weighted by Gasteiger charge is 2.13. The fourth-order valence-corrected chi connectivity index (χ4v) is 1.93. The van der Waals surface area contributed by atoms with E-state index in [0.717, 1.165) is 12.0 Å². The normalized spacial score (nSPS) is 11.9. The Labute approximate surface area is 123 Å². The fraction of sp³-hybridized carbons (Fsp3) is 0.333. The zero-order chi connectivity index (χ0) is 15.1. The van der Waals surface area contributed by atoms with E-state index >= 15 is 0 Å². The lowest BCUT2D eigenvalue weighted by molar-refractivity contribution is 0.216. The molecule has 6 nitrogen and oxygen atoms in total. The number of benzene rings is 1. The van der Waals surface area contributed by atoms with Crippen LogP contribution in [0.15, 0.2) is 41.1 Å². The predicted octanol–water partition coefficient (Wildman–Crippen LogP) is 1.77. The summed E-state index contributed by atoms with van der Waals surface area (Å²) in [6.45, 7) is 2.19. The van der Waals surface area contributed by atoms with E-state index in [4.69, 9.17) is 0 Å². The maximum atomic E-state index is 11.8. The van der Waals surface area contributed by atoms with Gasteiger partial charge in [-0.15, -0.1) is 0 Å². The van der Waals surface area contributed by atoms with Crippen molar-refractivity contribution in [3.8, 4) is 0 Å². The molecular weight excluding hydrogens is 270 g/mol. The molecule has 1 unspecified atom stereocenters. The van der Waals surface area contributed by atoms with Crippen LogP contribution in [-0.4, -0.2) is 22.9 Å². The number of amides is 2. The third kappa shape index (κ3) is 4.32. The van der Waals surface area contributed by atoms with Gasteiger partial charge in [0.05, 0.1) is 19.2 Å². The Morgan fingerprint density at radius 3 is 2.67 bits per heavy atom. The van der Waals surface area contributed by atoms with Gasteiger partial charge in [-0.05, 0) is 17.5 Å². The lowest BCUT2D eigenvalue weighted by atomic mass is 10.0. The van der Waals surface area contributed by atoms with E-state index in [1.807, 2.05) is 24.3 Å². The molecule has 21 heavy (non-hydrogen) atoms. The minimum absolute atomic E-state index is 0.164. The molecule has 6 heteroatoms. The topological polar surface area (TPSA) is 87.4 Å². The number of nitrogens with zero attached hydrogens (tertiary/aromatic N) is 1. The first-order valence-electron chi connectivity index (χ1n) is 6.86. The maximum absolute atomic E-state index is 11.8. The number of carbonyl (C=O) groups is 1. The quantitative estimate of drug-likeness (QED) is 0.756. The summed E-state index contributed by atoms with van der Waals surface area (Å²) in [5.41, 5.74) is 2.72. The first-order valence-corrected chi connectivity index (χ1v) is 6.86. The van der Waals surface area contributed by atoms with Gasteiger partial charge in [0, 0.05) is 6.07 Å². The van der Waals surface area contributed by atoms with Crippen LogP contribution in [0, 0.1) is 0 Å². The summed E-state index contributed by atoms with van der Waals surface area (Å²) in [5.74, 6) is 0. The molecule has 0 fully saturated rings. The SMILES string of the molecule is CCc1ccc(C(CO)NC(=O)NCc2ccon2)cc1. The molecule has 1 aromatic heterocycles. The average Bonchev–Trinajstić information content (AvgIpc) is 3.04. The molecule has 1 heterocycles. The minimum atomic E-state index is -0.437. The van der Waals surface area contributed by atoms with Gasteiger partial charge in [-0.3, -0.25) is 0 Å². The third-order valence-electron chi connectivity index (χ3n) is 3.20.